The van der Waals surface area contributed by atoms with Crippen LogP contribution in [0.5, 0.6) is 0 Å². The largest absolute Gasteiger partial charge is 0.481 e. The Morgan fingerprint density at radius 3 is 2.38 bits per heavy atom. The van der Waals surface area contributed by atoms with Gasteiger partial charge in [-0.1, -0.05) is 12.8 Å². The second-order valence-corrected chi connectivity index (χ2v) is 5.74. The summed E-state index contributed by atoms with van der Waals surface area (Å²) >= 11 is 0. The first-order valence-electron chi connectivity index (χ1n) is 6.27. The minimum absolute atomic E-state index is 0.168. The molecule has 0 spiro atoms. The van der Waals surface area contributed by atoms with Crippen molar-refractivity contribution in [3.63, 3.8) is 0 Å². The highest BCUT2D eigenvalue weighted by atomic mass is 16.5. The van der Waals surface area contributed by atoms with Crippen molar-refractivity contribution in [1.29, 1.82) is 0 Å². The molecule has 3 nitrogen and oxygen atoms in total. The van der Waals surface area contributed by atoms with Gasteiger partial charge >= 0.3 is 5.97 Å². The van der Waals surface area contributed by atoms with Gasteiger partial charge in [0.1, 0.15) is 0 Å². The van der Waals surface area contributed by atoms with E-state index >= 15 is 0 Å². The first-order chi connectivity index (χ1) is 7.40. The van der Waals surface area contributed by atoms with E-state index in [0.29, 0.717) is 18.9 Å². The second kappa shape index (κ2) is 5.67. The van der Waals surface area contributed by atoms with E-state index in [0.717, 1.165) is 12.8 Å². The zero-order valence-electron chi connectivity index (χ0n) is 10.7. The van der Waals surface area contributed by atoms with Crippen molar-refractivity contribution in [2.45, 2.75) is 58.5 Å². The highest BCUT2D eigenvalue weighted by Gasteiger charge is 2.30. The van der Waals surface area contributed by atoms with Crippen LogP contribution in [-0.2, 0) is 9.53 Å². The molecule has 0 aliphatic heterocycles. The average molecular weight is 228 g/mol. The van der Waals surface area contributed by atoms with Crippen molar-refractivity contribution in [3.8, 4) is 0 Å². The third-order valence-corrected chi connectivity index (χ3v) is 3.25. The van der Waals surface area contributed by atoms with Crippen molar-refractivity contribution in [1.82, 2.24) is 0 Å². The molecule has 1 unspecified atom stereocenters. The van der Waals surface area contributed by atoms with E-state index in [1.54, 1.807) is 0 Å². The molecule has 16 heavy (non-hydrogen) atoms. The number of hydrogen-bond donors (Lipinski definition) is 1. The molecule has 94 valence electrons. The Morgan fingerprint density at radius 1 is 1.38 bits per heavy atom. The Labute approximate surface area is 98.2 Å². The van der Waals surface area contributed by atoms with Gasteiger partial charge in [0.25, 0.3) is 0 Å². The minimum Gasteiger partial charge on any atom is -0.481 e. The molecule has 0 aromatic rings. The molecule has 0 radical (unpaired) electrons. The molecule has 3 heteroatoms. The van der Waals surface area contributed by atoms with Gasteiger partial charge in [-0.25, -0.2) is 0 Å². The van der Waals surface area contributed by atoms with Crippen molar-refractivity contribution >= 4 is 5.97 Å². The van der Waals surface area contributed by atoms with Crippen LogP contribution in [0.2, 0.25) is 0 Å². The summed E-state index contributed by atoms with van der Waals surface area (Å²) in [5, 5.41) is 9.21. The number of carboxylic acid groups (broad SMARTS) is 1. The van der Waals surface area contributed by atoms with Gasteiger partial charge in [-0.15, -0.1) is 0 Å². The normalized spacial score (nSPS) is 19.9. The molecule has 0 amide bonds. The third-order valence-electron chi connectivity index (χ3n) is 3.25. The molecule has 1 N–H and O–H groups in total. The van der Waals surface area contributed by atoms with E-state index in [-0.39, 0.29) is 11.5 Å². The molecule has 0 bridgehead atoms. The fraction of sp³-hybridized carbons (Fsp3) is 0.923. The Bertz CT molecular complexity index is 224. The number of carbonyl (C=O) groups is 1. The summed E-state index contributed by atoms with van der Waals surface area (Å²) in [6.45, 7) is 6.55. The summed E-state index contributed by atoms with van der Waals surface area (Å²) in [5.74, 6) is -0.477. The zero-order valence-corrected chi connectivity index (χ0v) is 10.7. The Balaban J connectivity index is 2.37. The van der Waals surface area contributed by atoms with Gasteiger partial charge in [-0.3, -0.25) is 4.79 Å². The summed E-state index contributed by atoms with van der Waals surface area (Å²) in [6, 6.07) is 0. The van der Waals surface area contributed by atoms with E-state index in [1.165, 1.54) is 12.8 Å². The maximum atomic E-state index is 11.2. The SMILES string of the molecule is CC(C)(C)OCCC(C(=O)O)C1CCCC1. The van der Waals surface area contributed by atoms with Crippen LogP contribution in [0.25, 0.3) is 0 Å². The quantitative estimate of drug-likeness (QED) is 0.786. The van der Waals surface area contributed by atoms with Gasteiger partial charge in [0.05, 0.1) is 11.5 Å². The molecule has 0 heterocycles. The van der Waals surface area contributed by atoms with Crippen LogP contribution in [0.3, 0.4) is 0 Å². The van der Waals surface area contributed by atoms with E-state index in [9.17, 15) is 9.90 Å². The molecular formula is C13H24O3. The van der Waals surface area contributed by atoms with Gasteiger partial charge in [-0.05, 0) is 46.0 Å². The van der Waals surface area contributed by atoms with Crippen LogP contribution in [0.1, 0.15) is 52.9 Å². The fourth-order valence-electron chi connectivity index (χ4n) is 2.41. The third kappa shape index (κ3) is 4.52. The molecule has 0 saturated heterocycles. The molecule has 1 atom stereocenters. The molecule has 1 aliphatic carbocycles. The molecule has 1 fully saturated rings. The Kier molecular flexibility index (Phi) is 4.78. The standard InChI is InChI=1S/C13H24O3/c1-13(2,3)16-9-8-11(12(14)15)10-6-4-5-7-10/h10-11H,4-9H2,1-3H3,(H,14,15). The lowest BCUT2D eigenvalue weighted by Gasteiger charge is -2.23. The van der Waals surface area contributed by atoms with Gasteiger partial charge in [-0.2, -0.15) is 0 Å². The Hall–Kier alpha value is -0.570. The van der Waals surface area contributed by atoms with Crippen LogP contribution < -0.4 is 0 Å². The molecule has 0 aromatic heterocycles. The topological polar surface area (TPSA) is 46.5 Å². The lowest BCUT2D eigenvalue weighted by molar-refractivity contribution is -0.145. The monoisotopic (exact) mass is 228 g/mol. The molecule has 0 aromatic carbocycles. The van der Waals surface area contributed by atoms with Crippen molar-refractivity contribution < 1.29 is 14.6 Å². The van der Waals surface area contributed by atoms with E-state index < -0.39 is 5.97 Å². The van der Waals surface area contributed by atoms with E-state index in [1.807, 2.05) is 20.8 Å². The second-order valence-electron chi connectivity index (χ2n) is 5.74. The van der Waals surface area contributed by atoms with Gasteiger partial charge in [0.2, 0.25) is 0 Å². The van der Waals surface area contributed by atoms with E-state index in [4.69, 9.17) is 4.74 Å². The summed E-state index contributed by atoms with van der Waals surface area (Å²) in [4.78, 5) is 11.2. The van der Waals surface area contributed by atoms with Crippen molar-refractivity contribution in [2.75, 3.05) is 6.61 Å². The smallest absolute Gasteiger partial charge is 0.306 e. The predicted molar refractivity (Wildman–Crippen MR) is 63.4 cm³/mol. The van der Waals surface area contributed by atoms with Crippen molar-refractivity contribution in [3.05, 3.63) is 0 Å². The zero-order chi connectivity index (χ0) is 12.2. The average Bonchev–Trinajstić information content (AvgIpc) is 2.62. The van der Waals surface area contributed by atoms with Crippen LogP contribution in [0.4, 0.5) is 0 Å². The fourth-order valence-corrected chi connectivity index (χ4v) is 2.41. The maximum absolute atomic E-state index is 11.2. The van der Waals surface area contributed by atoms with Gasteiger partial charge in [0.15, 0.2) is 0 Å². The van der Waals surface area contributed by atoms with Crippen LogP contribution in [0.15, 0.2) is 0 Å². The van der Waals surface area contributed by atoms with Crippen molar-refractivity contribution in [2.24, 2.45) is 11.8 Å². The maximum Gasteiger partial charge on any atom is 0.306 e. The first kappa shape index (κ1) is 13.5. The number of hydrogen-bond acceptors (Lipinski definition) is 2. The predicted octanol–water partition coefficient (Wildman–Crippen LogP) is 3.08. The molecule has 1 saturated carbocycles. The molecular weight excluding hydrogens is 204 g/mol. The van der Waals surface area contributed by atoms with Crippen LogP contribution in [-0.4, -0.2) is 23.3 Å². The highest BCUT2D eigenvalue weighted by Crippen LogP contribution is 2.33. The molecule has 1 aliphatic rings. The number of carboxylic acids is 1. The summed E-state index contributed by atoms with van der Waals surface area (Å²) in [7, 11) is 0. The van der Waals surface area contributed by atoms with Crippen LogP contribution >= 0.6 is 0 Å². The highest BCUT2D eigenvalue weighted by molar-refractivity contribution is 5.70. The lowest BCUT2D eigenvalue weighted by Crippen LogP contribution is -2.26. The first-order valence-corrected chi connectivity index (χ1v) is 6.27. The summed E-state index contributed by atoms with van der Waals surface area (Å²) in [5.41, 5.74) is -0.168. The van der Waals surface area contributed by atoms with E-state index in [2.05, 4.69) is 0 Å². The minimum atomic E-state index is -0.649. The van der Waals surface area contributed by atoms with Gasteiger partial charge < -0.3 is 9.84 Å². The number of rotatable bonds is 5. The van der Waals surface area contributed by atoms with Gasteiger partial charge in [0, 0.05) is 6.61 Å². The summed E-state index contributed by atoms with van der Waals surface area (Å²) < 4.78 is 5.61. The van der Waals surface area contributed by atoms with Crippen LogP contribution in [0, 0.1) is 11.8 Å². The summed E-state index contributed by atoms with van der Waals surface area (Å²) in [6.07, 6.45) is 5.18. The lowest BCUT2D eigenvalue weighted by atomic mass is 9.88. The molecule has 1 rings (SSSR count). The number of ether oxygens (including phenoxy) is 1. The number of aliphatic carboxylic acids is 1. The Morgan fingerprint density at radius 2 is 1.94 bits per heavy atom.